The summed E-state index contributed by atoms with van der Waals surface area (Å²) in [6.45, 7) is 3.88. The summed E-state index contributed by atoms with van der Waals surface area (Å²) in [4.78, 5) is 4.28. The molecule has 0 atom stereocenters. The Kier molecular flexibility index (Phi) is 4.23. The Labute approximate surface area is 96.7 Å². The first-order valence-corrected chi connectivity index (χ1v) is 5.33. The molecular weight excluding hydrogens is 261 g/mol. The van der Waals surface area contributed by atoms with Crippen molar-refractivity contribution in [1.82, 2.24) is 5.43 Å². The van der Waals surface area contributed by atoms with Crippen LogP contribution in [0, 0.1) is 5.82 Å². The van der Waals surface area contributed by atoms with E-state index in [9.17, 15) is 4.39 Å². The van der Waals surface area contributed by atoms with E-state index in [2.05, 4.69) is 26.3 Å². The number of hydrazine groups is 1. The van der Waals surface area contributed by atoms with Crippen molar-refractivity contribution in [3.05, 3.63) is 34.1 Å². The van der Waals surface area contributed by atoms with Gasteiger partial charge >= 0.3 is 0 Å². The molecule has 5 heteroatoms. The maximum Gasteiger partial charge on any atom is 0.143 e. The molecule has 0 saturated carbocycles. The first-order valence-electron chi connectivity index (χ1n) is 4.54. The van der Waals surface area contributed by atoms with Crippen LogP contribution in [0.3, 0.4) is 0 Å². The summed E-state index contributed by atoms with van der Waals surface area (Å²) in [5.41, 5.74) is 3.25. The summed E-state index contributed by atoms with van der Waals surface area (Å²) in [5, 5.41) is 0. The summed E-state index contributed by atoms with van der Waals surface area (Å²) in [5.74, 6) is 5.60. The predicted octanol–water partition coefficient (Wildman–Crippen LogP) is 2.21. The molecule has 0 aromatic heterocycles. The second kappa shape index (κ2) is 5.23. The number of aliphatic imine (C=N–C) groups is 1. The zero-order valence-corrected chi connectivity index (χ0v) is 10.2. The van der Waals surface area contributed by atoms with E-state index < -0.39 is 0 Å². The van der Waals surface area contributed by atoms with Crippen LogP contribution in [0.2, 0.25) is 0 Å². The number of nitrogens with one attached hydrogen (secondary N) is 1. The first-order chi connectivity index (χ1) is 7.04. The zero-order chi connectivity index (χ0) is 11.4. The van der Waals surface area contributed by atoms with Gasteiger partial charge in [0, 0.05) is 16.1 Å². The second-order valence-electron chi connectivity index (χ2n) is 3.34. The average Bonchev–Trinajstić information content (AvgIpc) is 2.14. The third kappa shape index (κ3) is 3.28. The molecule has 0 amide bonds. The molecule has 0 bridgehead atoms. The van der Waals surface area contributed by atoms with Crippen LogP contribution < -0.4 is 11.3 Å². The van der Waals surface area contributed by atoms with Crippen LogP contribution >= 0.6 is 15.9 Å². The van der Waals surface area contributed by atoms with Gasteiger partial charge in [0.2, 0.25) is 0 Å². The number of rotatable bonds is 2. The molecule has 0 fully saturated rings. The molecule has 0 aliphatic heterocycles. The van der Waals surface area contributed by atoms with Gasteiger partial charge in [-0.05, 0) is 48.0 Å². The monoisotopic (exact) mass is 273 g/mol. The van der Waals surface area contributed by atoms with Crippen LogP contribution in [0.25, 0.3) is 0 Å². The lowest BCUT2D eigenvalue weighted by atomic mass is 10.2. The minimum Gasteiger partial charge on any atom is -0.308 e. The van der Waals surface area contributed by atoms with Crippen molar-refractivity contribution in [3.63, 3.8) is 0 Å². The van der Waals surface area contributed by atoms with Gasteiger partial charge in [0.15, 0.2) is 0 Å². The topological polar surface area (TPSA) is 50.4 Å². The Hall–Kier alpha value is -0.940. The van der Waals surface area contributed by atoms with Crippen LogP contribution in [-0.2, 0) is 0 Å². The lowest BCUT2D eigenvalue weighted by Crippen LogP contribution is -2.32. The molecule has 1 aromatic rings. The van der Waals surface area contributed by atoms with Crippen molar-refractivity contribution >= 4 is 21.8 Å². The number of hydrogen-bond donors (Lipinski definition) is 2. The molecule has 1 aromatic carbocycles. The van der Waals surface area contributed by atoms with Gasteiger partial charge in [-0.15, -0.1) is 0 Å². The molecule has 0 aliphatic rings. The van der Waals surface area contributed by atoms with Crippen LogP contribution in [0.4, 0.5) is 4.39 Å². The highest BCUT2D eigenvalue weighted by molar-refractivity contribution is 9.10. The van der Waals surface area contributed by atoms with Gasteiger partial charge in [-0.2, -0.15) is 0 Å². The van der Waals surface area contributed by atoms with E-state index in [0.717, 1.165) is 5.56 Å². The lowest BCUT2D eigenvalue weighted by molar-refractivity contribution is 0.627. The molecular formula is C10H13BrFN3. The van der Waals surface area contributed by atoms with Crippen LogP contribution in [0.1, 0.15) is 19.4 Å². The Morgan fingerprint density at radius 3 is 2.67 bits per heavy atom. The molecule has 3 nitrogen and oxygen atoms in total. The van der Waals surface area contributed by atoms with E-state index in [1.165, 1.54) is 12.1 Å². The fourth-order valence-electron chi connectivity index (χ4n) is 1.12. The SMILES string of the molecule is CC(C)N=C(NN)c1ccc(F)cc1Br. The smallest absolute Gasteiger partial charge is 0.143 e. The number of nitrogens with zero attached hydrogens (tertiary/aromatic N) is 1. The number of benzene rings is 1. The molecule has 0 heterocycles. The summed E-state index contributed by atoms with van der Waals surface area (Å²) in [6.07, 6.45) is 0. The third-order valence-electron chi connectivity index (χ3n) is 1.71. The van der Waals surface area contributed by atoms with Gasteiger partial charge in [0.1, 0.15) is 11.7 Å². The Morgan fingerprint density at radius 1 is 1.53 bits per heavy atom. The fourth-order valence-corrected chi connectivity index (χ4v) is 1.66. The maximum absolute atomic E-state index is 12.9. The van der Waals surface area contributed by atoms with Crippen molar-refractivity contribution < 1.29 is 4.39 Å². The Balaban J connectivity index is 3.13. The van der Waals surface area contributed by atoms with E-state index in [-0.39, 0.29) is 11.9 Å². The van der Waals surface area contributed by atoms with Crippen molar-refractivity contribution in [2.24, 2.45) is 10.8 Å². The van der Waals surface area contributed by atoms with E-state index >= 15 is 0 Å². The van der Waals surface area contributed by atoms with Gasteiger partial charge in [-0.3, -0.25) is 4.99 Å². The summed E-state index contributed by atoms with van der Waals surface area (Å²) in [6, 6.07) is 4.49. The van der Waals surface area contributed by atoms with Crippen molar-refractivity contribution in [2.75, 3.05) is 0 Å². The lowest BCUT2D eigenvalue weighted by Gasteiger charge is -2.09. The fraction of sp³-hybridized carbons (Fsp3) is 0.300. The second-order valence-corrected chi connectivity index (χ2v) is 4.19. The van der Waals surface area contributed by atoms with E-state index in [1.807, 2.05) is 13.8 Å². The van der Waals surface area contributed by atoms with Gasteiger partial charge in [0.25, 0.3) is 0 Å². The minimum absolute atomic E-state index is 0.119. The highest BCUT2D eigenvalue weighted by Gasteiger charge is 2.08. The summed E-state index contributed by atoms with van der Waals surface area (Å²) < 4.78 is 13.5. The van der Waals surface area contributed by atoms with Crippen LogP contribution in [-0.4, -0.2) is 11.9 Å². The molecule has 15 heavy (non-hydrogen) atoms. The third-order valence-corrected chi connectivity index (χ3v) is 2.37. The van der Waals surface area contributed by atoms with Gasteiger partial charge in [-0.25, -0.2) is 10.2 Å². The Bertz CT molecular complexity index is 377. The first kappa shape index (κ1) is 12.1. The maximum atomic E-state index is 12.9. The molecule has 0 spiro atoms. The molecule has 0 saturated heterocycles. The molecule has 3 N–H and O–H groups in total. The van der Waals surface area contributed by atoms with E-state index in [0.29, 0.717) is 10.3 Å². The zero-order valence-electron chi connectivity index (χ0n) is 8.59. The quantitative estimate of drug-likeness (QED) is 0.376. The average molecular weight is 274 g/mol. The molecule has 82 valence electrons. The molecule has 0 aliphatic carbocycles. The molecule has 0 unspecified atom stereocenters. The van der Waals surface area contributed by atoms with Crippen LogP contribution in [0.5, 0.6) is 0 Å². The largest absolute Gasteiger partial charge is 0.308 e. The number of hydrogen-bond acceptors (Lipinski definition) is 2. The molecule has 1 rings (SSSR count). The number of amidine groups is 1. The van der Waals surface area contributed by atoms with Gasteiger partial charge < -0.3 is 5.43 Å². The van der Waals surface area contributed by atoms with Crippen LogP contribution in [0.15, 0.2) is 27.7 Å². The van der Waals surface area contributed by atoms with Crippen molar-refractivity contribution in [2.45, 2.75) is 19.9 Å². The number of nitrogens with two attached hydrogens (primary N) is 1. The highest BCUT2D eigenvalue weighted by atomic mass is 79.9. The van der Waals surface area contributed by atoms with E-state index in [1.54, 1.807) is 6.07 Å². The molecule has 0 radical (unpaired) electrons. The normalized spacial score (nSPS) is 12.0. The van der Waals surface area contributed by atoms with Crippen molar-refractivity contribution in [3.8, 4) is 0 Å². The van der Waals surface area contributed by atoms with Crippen molar-refractivity contribution in [1.29, 1.82) is 0 Å². The van der Waals surface area contributed by atoms with Gasteiger partial charge in [0.05, 0.1) is 0 Å². The Morgan fingerprint density at radius 2 is 2.20 bits per heavy atom. The predicted molar refractivity (Wildman–Crippen MR) is 63.1 cm³/mol. The highest BCUT2D eigenvalue weighted by Crippen LogP contribution is 2.18. The summed E-state index contributed by atoms with van der Waals surface area (Å²) in [7, 11) is 0. The summed E-state index contributed by atoms with van der Waals surface area (Å²) >= 11 is 3.26. The standard InChI is InChI=1S/C10H13BrFN3/c1-6(2)14-10(15-13)8-4-3-7(12)5-9(8)11/h3-6H,13H2,1-2H3,(H,14,15). The van der Waals surface area contributed by atoms with E-state index in [4.69, 9.17) is 5.84 Å². The van der Waals surface area contributed by atoms with Gasteiger partial charge in [-0.1, -0.05) is 0 Å². The minimum atomic E-state index is -0.299. The number of halogens is 2.